The van der Waals surface area contributed by atoms with Crippen LogP contribution in [0.5, 0.6) is 0 Å². The molecule has 0 fully saturated rings. The SMILES string of the molecule is O=c1n(-c2ccc(Cl)cc2)nc2n1CCN([S+](=O)([O-])c1ccccc1)C2. The van der Waals surface area contributed by atoms with E-state index in [2.05, 4.69) is 5.10 Å². The highest BCUT2D eigenvalue weighted by Crippen LogP contribution is 2.24. The van der Waals surface area contributed by atoms with Crippen molar-refractivity contribution in [3.63, 3.8) is 0 Å². The summed E-state index contributed by atoms with van der Waals surface area (Å²) in [6.07, 6.45) is 0. The van der Waals surface area contributed by atoms with Crippen LogP contribution in [-0.4, -0.2) is 29.8 Å². The lowest BCUT2D eigenvalue weighted by Crippen LogP contribution is -2.43. The number of rotatable bonds is 3. The Morgan fingerprint density at radius 3 is 2.42 bits per heavy atom. The smallest absolute Gasteiger partial charge is 0.350 e. The van der Waals surface area contributed by atoms with Gasteiger partial charge in [0.25, 0.3) is 0 Å². The monoisotopic (exact) mass is 390 g/mol. The second-order valence-electron chi connectivity index (χ2n) is 5.89. The number of hydrogen-bond donors (Lipinski definition) is 0. The van der Waals surface area contributed by atoms with Crippen LogP contribution < -0.4 is 5.69 Å². The molecule has 0 aliphatic carbocycles. The molecule has 1 aliphatic rings. The van der Waals surface area contributed by atoms with Crippen LogP contribution in [0.3, 0.4) is 0 Å². The van der Waals surface area contributed by atoms with Gasteiger partial charge in [-0.25, -0.2) is 4.79 Å². The fourth-order valence-corrected chi connectivity index (χ4v) is 4.46. The molecule has 1 unspecified atom stereocenters. The molecule has 26 heavy (non-hydrogen) atoms. The maximum Gasteiger partial charge on any atom is 0.350 e. The molecular weight excluding hydrogens is 376 g/mol. The molecular formula is C17H15ClN4O3S. The molecule has 0 saturated carbocycles. The highest BCUT2D eigenvalue weighted by molar-refractivity contribution is 7.95. The van der Waals surface area contributed by atoms with Gasteiger partial charge in [-0.1, -0.05) is 34.0 Å². The summed E-state index contributed by atoms with van der Waals surface area (Å²) in [6, 6.07) is 15.0. The summed E-state index contributed by atoms with van der Waals surface area (Å²) in [5, 5.41) is 4.89. The van der Waals surface area contributed by atoms with E-state index in [0.717, 1.165) is 0 Å². The van der Waals surface area contributed by atoms with E-state index in [0.29, 0.717) is 16.5 Å². The molecule has 1 atom stereocenters. The number of nitrogens with zero attached hydrogens (tertiary/aromatic N) is 4. The number of benzene rings is 2. The first-order valence-corrected chi connectivity index (χ1v) is 9.78. The molecule has 134 valence electrons. The van der Waals surface area contributed by atoms with Crippen molar-refractivity contribution < 1.29 is 8.76 Å². The minimum Gasteiger partial charge on any atom is -0.593 e. The third-order valence-electron chi connectivity index (χ3n) is 4.28. The summed E-state index contributed by atoms with van der Waals surface area (Å²) in [5.41, 5.74) is 0.290. The Bertz CT molecular complexity index is 1050. The first kappa shape index (κ1) is 17.2. The molecule has 1 aliphatic heterocycles. The topological polar surface area (TPSA) is 83.2 Å². The van der Waals surface area contributed by atoms with Gasteiger partial charge >= 0.3 is 5.69 Å². The summed E-state index contributed by atoms with van der Waals surface area (Å²) >= 11 is 5.88. The van der Waals surface area contributed by atoms with Crippen LogP contribution in [-0.2, 0) is 27.7 Å². The molecule has 0 bridgehead atoms. The third-order valence-corrected chi connectivity index (χ3v) is 6.39. The normalized spacial score (nSPS) is 16.8. The molecule has 9 heteroatoms. The van der Waals surface area contributed by atoms with E-state index in [1.165, 1.54) is 13.6 Å². The summed E-state index contributed by atoms with van der Waals surface area (Å²) in [7, 11) is -3.63. The van der Waals surface area contributed by atoms with Gasteiger partial charge in [0.2, 0.25) is 0 Å². The van der Waals surface area contributed by atoms with Crippen molar-refractivity contribution in [1.82, 2.24) is 18.7 Å². The van der Waals surface area contributed by atoms with Crippen LogP contribution in [0.15, 0.2) is 64.3 Å². The van der Waals surface area contributed by atoms with Gasteiger partial charge in [0, 0.05) is 11.6 Å². The zero-order valence-electron chi connectivity index (χ0n) is 13.6. The Morgan fingerprint density at radius 2 is 1.73 bits per heavy atom. The van der Waals surface area contributed by atoms with E-state index in [-0.39, 0.29) is 30.2 Å². The quantitative estimate of drug-likeness (QED) is 0.641. The van der Waals surface area contributed by atoms with Crippen LogP contribution in [0.4, 0.5) is 0 Å². The van der Waals surface area contributed by atoms with Crippen LogP contribution in [0.1, 0.15) is 5.82 Å². The standard InChI is InChI=1S/C17H15ClN4O3S/c18-13-6-8-14(9-7-13)22-17(23)21-11-10-20(12-16(21)19-22)26(24,25)15-4-2-1-3-5-15/h1-9H,10-12H2. The van der Waals surface area contributed by atoms with Gasteiger partial charge in [-0.05, 0) is 36.4 Å². The van der Waals surface area contributed by atoms with Crippen molar-refractivity contribution in [3.05, 3.63) is 75.9 Å². The Morgan fingerprint density at radius 1 is 1.04 bits per heavy atom. The highest BCUT2D eigenvalue weighted by atomic mass is 35.5. The average molecular weight is 391 g/mol. The van der Waals surface area contributed by atoms with Gasteiger partial charge in [-0.15, -0.1) is 9.40 Å². The summed E-state index contributed by atoms with van der Waals surface area (Å²) in [4.78, 5) is 12.8. The predicted molar refractivity (Wildman–Crippen MR) is 96.8 cm³/mol. The van der Waals surface area contributed by atoms with Gasteiger partial charge in [-0.3, -0.25) is 4.57 Å². The number of hydrogen-bond acceptors (Lipinski definition) is 4. The van der Waals surface area contributed by atoms with Crippen molar-refractivity contribution in [3.8, 4) is 5.69 Å². The maximum absolute atomic E-state index is 12.8. The van der Waals surface area contributed by atoms with Crippen molar-refractivity contribution in [2.75, 3.05) is 6.54 Å². The average Bonchev–Trinajstić information content (AvgIpc) is 2.99. The van der Waals surface area contributed by atoms with E-state index in [4.69, 9.17) is 11.6 Å². The summed E-state index contributed by atoms with van der Waals surface area (Å²) in [5.74, 6) is 0.413. The van der Waals surface area contributed by atoms with Crippen LogP contribution >= 0.6 is 11.6 Å². The van der Waals surface area contributed by atoms with Gasteiger partial charge in [0.05, 0.1) is 12.2 Å². The lowest BCUT2D eigenvalue weighted by atomic mass is 10.3. The zero-order valence-corrected chi connectivity index (χ0v) is 15.2. The Balaban J connectivity index is 1.68. The fourth-order valence-electron chi connectivity index (χ4n) is 2.92. The first-order chi connectivity index (χ1) is 12.5. The number of halogens is 1. The third kappa shape index (κ3) is 2.90. The molecule has 2 heterocycles. The van der Waals surface area contributed by atoms with Crippen molar-refractivity contribution in [2.45, 2.75) is 18.0 Å². The summed E-state index contributed by atoms with van der Waals surface area (Å²) in [6.45, 7) is 0.525. The van der Waals surface area contributed by atoms with Gasteiger partial charge in [0.15, 0.2) is 21.1 Å². The zero-order chi connectivity index (χ0) is 18.3. The van der Waals surface area contributed by atoms with Gasteiger partial charge < -0.3 is 4.55 Å². The highest BCUT2D eigenvalue weighted by Gasteiger charge is 2.35. The molecule has 0 saturated heterocycles. The van der Waals surface area contributed by atoms with E-state index in [1.54, 1.807) is 54.6 Å². The largest absolute Gasteiger partial charge is 0.593 e. The molecule has 2 aromatic carbocycles. The molecule has 0 radical (unpaired) electrons. The van der Waals surface area contributed by atoms with E-state index < -0.39 is 10.4 Å². The second-order valence-corrected chi connectivity index (χ2v) is 8.26. The summed E-state index contributed by atoms with van der Waals surface area (Å²) < 4.78 is 29.7. The van der Waals surface area contributed by atoms with E-state index >= 15 is 0 Å². The van der Waals surface area contributed by atoms with E-state index in [1.807, 2.05) is 0 Å². The molecule has 4 rings (SSSR count). The van der Waals surface area contributed by atoms with Crippen LogP contribution in [0, 0.1) is 0 Å². The Labute approximate surface area is 155 Å². The minimum absolute atomic E-state index is 0.0487. The van der Waals surface area contributed by atoms with Crippen molar-refractivity contribution in [2.24, 2.45) is 0 Å². The second kappa shape index (κ2) is 6.48. The number of fused-ring (bicyclic) bond motifs is 1. The molecule has 3 aromatic rings. The maximum atomic E-state index is 12.8. The Kier molecular flexibility index (Phi) is 4.28. The Hall–Kier alpha value is -2.26. The van der Waals surface area contributed by atoms with Gasteiger partial charge in [-0.2, -0.15) is 4.68 Å². The van der Waals surface area contributed by atoms with Crippen LogP contribution in [0.2, 0.25) is 5.02 Å². The molecule has 7 nitrogen and oxygen atoms in total. The number of sulfonamides is 1. The minimum atomic E-state index is -3.63. The predicted octanol–water partition coefficient (Wildman–Crippen LogP) is 2.11. The number of aromatic nitrogens is 3. The van der Waals surface area contributed by atoms with Crippen molar-refractivity contribution >= 4 is 22.0 Å². The van der Waals surface area contributed by atoms with Crippen LogP contribution in [0.25, 0.3) is 5.69 Å². The lowest BCUT2D eigenvalue weighted by molar-refractivity contribution is 0.300. The molecule has 0 N–H and O–H groups in total. The fraction of sp³-hybridized carbons (Fsp3) is 0.176. The molecule has 0 amide bonds. The lowest BCUT2D eigenvalue weighted by Gasteiger charge is -2.29. The first-order valence-electron chi connectivity index (χ1n) is 7.97. The molecule has 1 aromatic heterocycles. The molecule has 0 spiro atoms. The van der Waals surface area contributed by atoms with Gasteiger partial charge in [0.1, 0.15) is 6.54 Å². The van der Waals surface area contributed by atoms with E-state index in [9.17, 15) is 13.6 Å². The van der Waals surface area contributed by atoms with Crippen molar-refractivity contribution in [1.29, 1.82) is 0 Å².